The van der Waals surface area contributed by atoms with E-state index in [-0.39, 0.29) is 16.5 Å². The molecule has 6 nitrogen and oxygen atoms in total. The molecular formula is C12H13ClN4O2. The molecule has 0 radical (unpaired) electrons. The molecule has 2 rings (SSSR count). The molecule has 0 amide bonds. The van der Waals surface area contributed by atoms with E-state index in [9.17, 15) is 10.1 Å². The minimum absolute atomic E-state index is 0.00428. The third kappa shape index (κ3) is 3.08. The Morgan fingerprint density at radius 1 is 1.32 bits per heavy atom. The van der Waals surface area contributed by atoms with Crippen LogP contribution in [0.3, 0.4) is 0 Å². The molecule has 1 aromatic carbocycles. The first-order valence-corrected chi connectivity index (χ1v) is 6.04. The second-order valence-corrected chi connectivity index (χ2v) is 5.51. The first kappa shape index (κ1) is 13.5. The molecule has 0 atom stereocenters. The molecule has 19 heavy (non-hydrogen) atoms. The zero-order valence-corrected chi connectivity index (χ0v) is 11.5. The smallest absolute Gasteiger partial charge is 0.270 e. The highest BCUT2D eigenvalue weighted by Gasteiger charge is 2.16. The maximum absolute atomic E-state index is 10.8. The number of nitro groups is 1. The van der Waals surface area contributed by atoms with Crippen molar-refractivity contribution >= 4 is 34.0 Å². The largest absolute Gasteiger partial charge is 0.365 e. The monoisotopic (exact) mass is 280 g/mol. The van der Waals surface area contributed by atoms with Gasteiger partial charge in [0.05, 0.1) is 10.4 Å². The molecule has 0 aliphatic rings. The van der Waals surface area contributed by atoms with Crippen LogP contribution in [0, 0.1) is 10.1 Å². The molecular weight excluding hydrogens is 268 g/mol. The lowest BCUT2D eigenvalue weighted by molar-refractivity contribution is -0.384. The van der Waals surface area contributed by atoms with Crippen LogP contribution in [0.25, 0.3) is 10.9 Å². The number of halogens is 1. The molecule has 2 aromatic rings. The van der Waals surface area contributed by atoms with Gasteiger partial charge < -0.3 is 5.32 Å². The Labute approximate surface area is 115 Å². The number of fused-ring (bicyclic) bond motifs is 1. The minimum Gasteiger partial charge on any atom is -0.365 e. The molecule has 0 spiro atoms. The van der Waals surface area contributed by atoms with E-state index < -0.39 is 4.92 Å². The summed E-state index contributed by atoms with van der Waals surface area (Å²) in [6.45, 7) is 5.89. The van der Waals surface area contributed by atoms with Crippen molar-refractivity contribution in [1.29, 1.82) is 0 Å². The van der Waals surface area contributed by atoms with E-state index in [0.29, 0.717) is 16.7 Å². The second-order valence-electron chi connectivity index (χ2n) is 5.17. The summed E-state index contributed by atoms with van der Waals surface area (Å²) in [5.41, 5.74) is 0.322. The minimum atomic E-state index is -0.449. The Balaban J connectivity index is 2.66. The maximum atomic E-state index is 10.8. The van der Waals surface area contributed by atoms with Gasteiger partial charge in [0.25, 0.3) is 5.69 Å². The topological polar surface area (TPSA) is 81.0 Å². The van der Waals surface area contributed by atoms with Crippen molar-refractivity contribution in [3.63, 3.8) is 0 Å². The standard InChI is InChI=1S/C12H13ClN4O2/c1-12(2,3)16-10-8-6-7(17(18)19)4-5-9(8)14-11(13)15-10/h4-6H,1-3H3,(H,14,15,16). The van der Waals surface area contributed by atoms with E-state index in [1.165, 1.54) is 12.1 Å². The Morgan fingerprint density at radius 3 is 2.58 bits per heavy atom. The quantitative estimate of drug-likeness (QED) is 0.518. The molecule has 0 saturated carbocycles. The van der Waals surface area contributed by atoms with Gasteiger partial charge in [-0.05, 0) is 38.4 Å². The van der Waals surface area contributed by atoms with Gasteiger partial charge in [-0.25, -0.2) is 9.97 Å². The lowest BCUT2D eigenvalue weighted by atomic mass is 10.1. The van der Waals surface area contributed by atoms with Crippen LogP contribution in [-0.4, -0.2) is 20.4 Å². The molecule has 0 bridgehead atoms. The van der Waals surface area contributed by atoms with Crippen LogP contribution in [-0.2, 0) is 0 Å². The Morgan fingerprint density at radius 2 is 2.00 bits per heavy atom. The van der Waals surface area contributed by atoms with Crippen LogP contribution in [0.15, 0.2) is 18.2 Å². The molecule has 1 aromatic heterocycles. The number of anilines is 1. The van der Waals surface area contributed by atoms with Gasteiger partial charge in [-0.15, -0.1) is 0 Å². The van der Waals surface area contributed by atoms with Crippen molar-refractivity contribution in [2.24, 2.45) is 0 Å². The predicted octanol–water partition coefficient (Wildman–Crippen LogP) is 3.40. The van der Waals surface area contributed by atoms with Crippen molar-refractivity contribution < 1.29 is 4.92 Å². The van der Waals surface area contributed by atoms with Crippen molar-refractivity contribution in [1.82, 2.24) is 9.97 Å². The Kier molecular flexibility index (Phi) is 3.28. The number of aromatic nitrogens is 2. The summed E-state index contributed by atoms with van der Waals surface area (Å²) in [5.74, 6) is 0.492. The third-order valence-corrected chi connectivity index (χ3v) is 2.53. The lowest BCUT2D eigenvalue weighted by Gasteiger charge is -2.22. The highest BCUT2D eigenvalue weighted by molar-refractivity contribution is 6.28. The summed E-state index contributed by atoms with van der Waals surface area (Å²) in [6, 6.07) is 4.40. The zero-order chi connectivity index (χ0) is 14.2. The van der Waals surface area contributed by atoms with Crippen molar-refractivity contribution in [2.75, 3.05) is 5.32 Å². The van der Waals surface area contributed by atoms with E-state index >= 15 is 0 Å². The molecule has 0 aliphatic heterocycles. The number of hydrogen-bond acceptors (Lipinski definition) is 5. The molecule has 0 aliphatic carbocycles. The van der Waals surface area contributed by atoms with Crippen LogP contribution in [0.2, 0.25) is 5.28 Å². The normalized spacial score (nSPS) is 11.6. The Bertz CT molecular complexity index is 652. The van der Waals surface area contributed by atoms with E-state index in [2.05, 4.69) is 15.3 Å². The van der Waals surface area contributed by atoms with E-state index in [1.54, 1.807) is 6.07 Å². The average Bonchev–Trinajstić information content (AvgIpc) is 2.25. The molecule has 7 heteroatoms. The van der Waals surface area contributed by atoms with Crippen LogP contribution >= 0.6 is 11.6 Å². The number of nitrogens with one attached hydrogen (secondary N) is 1. The molecule has 1 N–H and O–H groups in total. The van der Waals surface area contributed by atoms with E-state index in [4.69, 9.17) is 11.6 Å². The fourth-order valence-electron chi connectivity index (χ4n) is 1.65. The van der Waals surface area contributed by atoms with E-state index in [0.717, 1.165) is 0 Å². The first-order chi connectivity index (χ1) is 8.76. The van der Waals surface area contributed by atoms with Gasteiger partial charge >= 0.3 is 0 Å². The highest BCUT2D eigenvalue weighted by Crippen LogP contribution is 2.27. The second kappa shape index (κ2) is 4.62. The van der Waals surface area contributed by atoms with Gasteiger partial charge in [0.2, 0.25) is 5.28 Å². The average molecular weight is 281 g/mol. The Hall–Kier alpha value is -1.95. The first-order valence-electron chi connectivity index (χ1n) is 5.66. The van der Waals surface area contributed by atoms with Crippen LogP contribution in [0.4, 0.5) is 11.5 Å². The summed E-state index contributed by atoms with van der Waals surface area (Å²) < 4.78 is 0. The van der Waals surface area contributed by atoms with Crippen LogP contribution in [0.1, 0.15) is 20.8 Å². The summed E-state index contributed by atoms with van der Waals surface area (Å²) in [4.78, 5) is 18.5. The molecule has 0 fully saturated rings. The van der Waals surface area contributed by atoms with Gasteiger partial charge in [-0.2, -0.15) is 0 Å². The lowest BCUT2D eigenvalue weighted by Crippen LogP contribution is -2.27. The molecule has 0 unspecified atom stereocenters. The molecule has 0 saturated heterocycles. The summed E-state index contributed by atoms with van der Waals surface area (Å²) in [7, 11) is 0. The zero-order valence-electron chi connectivity index (χ0n) is 10.8. The van der Waals surface area contributed by atoms with E-state index in [1.807, 2.05) is 20.8 Å². The fourth-order valence-corrected chi connectivity index (χ4v) is 1.83. The number of hydrogen-bond donors (Lipinski definition) is 1. The number of nitrogens with zero attached hydrogens (tertiary/aromatic N) is 3. The number of rotatable bonds is 2. The number of benzene rings is 1. The third-order valence-electron chi connectivity index (χ3n) is 2.36. The fraction of sp³-hybridized carbons (Fsp3) is 0.333. The number of nitro benzene ring substituents is 1. The summed E-state index contributed by atoms with van der Waals surface area (Å²) in [6.07, 6.45) is 0. The molecule has 100 valence electrons. The van der Waals surface area contributed by atoms with Gasteiger partial charge in [0.1, 0.15) is 5.82 Å². The van der Waals surface area contributed by atoms with Gasteiger partial charge in [-0.1, -0.05) is 0 Å². The van der Waals surface area contributed by atoms with Crippen molar-refractivity contribution in [3.05, 3.63) is 33.6 Å². The van der Waals surface area contributed by atoms with Gasteiger partial charge in [-0.3, -0.25) is 10.1 Å². The number of non-ortho nitro benzene ring substituents is 1. The SMILES string of the molecule is CC(C)(C)Nc1nc(Cl)nc2ccc([N+](=O)[O-])cc12. The molecule has 1 heterocycles. The van der Waals surface area contributed by atoms with Crippen molar-refractivity contribution in [2.45, 2.75) is 26.3 Å². The van der Waals surface area contributed by atoms with Gasteiger partial charge in [0, 0.05) is 23.1 Å². The van der Waals surface area contributed by atoms with Gasteiger partial charge in [0.15, 0.2) is 0 Å². The van der Waals surface area contributed by atoms with Crippen LogP contribution in [0.5, 0.6) is 0 Å². The van der Waals surface area contributed by atoms with Crippen molar-refractivity contribution in [3.8, 4) is 0 Å². The predicted molar refractivity (Wildman–Crippen MR) is 74.6 cm³/mol. The summed E-state index contributed by atoms with van der Waals surface area (Å²) in [5, 5.41) is 14.7. The maximum Gasteiger partial charge on any atom is 0.270 e. The van der Waals surface area contributed by atoms with Crippen LogP contribution < -0.4 is 5.32 Å². The highest BCUT2D eigenvalue weighted by atomic mass is 35.5. The summed E-state index contributed by atoms with van der Waals surface area (Å²) >= 11 is 5.86.